The molecule has 0 bridgehead atoms. The molecule has 1 fully saturated rings. The Morgan fingerprint density at radius 2 is 1.94 bits per heavy atom. The number of hydrogen-bond acceptors (Lipinski definition) is 5. The number of fused-ring (bicyclic) bond motifs is 1. The number of rotatable bonds is 1. The molecule has 0 unspecified atom stereocenters. The van der Waals surface area contributed by atoms with Crippen LogP contribution in [0.1, 0.15) is 47.7 Å². The first-order chi connectivity index (χ1) is 8.49. The SMILES string of the molecule is NC1(c2nc3c(s2)CS(=O)(=O)CC3)CCCCC1. The zero-order valence-corrected chi connectivity index (χ0v) is 11.9. The van der Waals surface area contributed by atoms with E-state index in [0.717, 1.165) is 41.3 Å². The van der Waals surface area contributed by atoms with Crippen molar-refractivity contribution in [2.24, 2.45) is 5.73 Å². The molecule has 0 aromatic carbocycles. The fourth-order valence-electron chi connectivity index (χ4n) is 2.83. The quantitative estimate of drug-likeness (QED) is 0.853. The number of thiazole rings is 1. The van der Waals surface area contributed by atoms with Crippen molar-refractivity contribution in [1.29, 1.82) is 0 Å². The largest absolute Gasteiger partial charge is 0.319 e. The first kappa shape index (κ1) is 12.6. The average molecular weight is 286 g/mol. The van der Waals surface area contributed by atoms with Gasteiger partial charge in [0, 0.05) is 11.3 Å². The summed E-state index contributed by atoms with van der Waals surface area (Å²) in [5, 5.41) is 0.962. The van der Waals surface area contributed by atoms with Gasteiger partial charge < -0.3 is 5.73 Å². The van der Waals surface area contributed by atoms with Crippen LogP contribution >= 0.6 is 11.3 Å². The van der Waals surface area contributed by atoms with Crippen LogP contribution in [0.5, 0.6) is 0 Å². The summed E-state index contributed by atoms with van der Waals surface area (Å²) in [5.41, 5.74) is 7.13. The maximum atomic E-state index is 11.6. The lowest BCUT2D eigenvalue weighted by atomic mass is 9.83. The molecular formula is C12H18N2O2S2. The fourth-order valence-corrected chi connectivity index (χ4v) is 5.88. The van der Waals surface area contributed by atoms with Gasteiger partial charge in [0.05, 0.1) is 22.7 Å². The average Bonchev–Trinajstić information content (AvgIpc) is 2.72. The molecular weight excluding hydrogens is 268 g/mol. The summed E-state index contributed by atoms with van der Waals surface area (Å²) in [6.07, 6.45) is 6.07. The molecule has 0 spiro atoms. The fraction of sp³-hybridized carbons (Fsp3) is 0.750. The summed E-state index contributed by atoms with van der Waals surface area (Å²) < 4.78 is 23.3. The zero-order valence-electron chi connectivity index (χ0n) is 10.3. The molecule has 0 radical (unpaired) electrons. The van der Waals surface area contributed by atoms with Gasteiger partial charge in [0.1, 0.15) is 5.01 Å². The summed E-state index contributed by atoms with van der Waals surface area (Å²) >= 11 is 1.53. The van der Waals surface area contributed by atoms with E-state index in [1.165, 1.54) is 17.8 Å². The van der Waals surface area contributed by atoms with Crippen LogP contribution in [0.3, 0.4) is 0 Å². The van der Waals surface area contributed by atoms with E-state index in [1.807, 2.05) is 0 Å². The van der Waals surface area contributed by atoms with E-state index in [4.69, 9.17) is 5.73 Å². The van der Waals surface area contributed by atoms with Gasteiger partial charge in [-0.3, -0.25) is 0 Å². The minimum absolute atomic E-state index is 0.163. The van der Waals surface area contributed by atoms with Crippen LogP contribution in [-0.4, -0.2) is 19.2 Å². The molecule has 1 aliphatic carbocycles. The van der Waals surface area contributed by atoms with E-state index >= 15 is 0 Å². The Labute approximate surface area is 112 Å². The lowest BCUT2D eigenvalue weighted by Crippen LogP contribution is -2.38. The Kier molecular flexibility index (Phi) is 2.99. The van der Waals surface area contributed by atoms with E-state index in [2.05, 4.69) is 4.98 Å². The van der Waals surface area contributed by atoms with Crippen LogP contribution in [0.25, 0.3) is 0 Å². The standard InChI is InChI=1S/C12H18N2O2S2/c13-12(5-2-1-3-6-12)11-14-9-4-7-18(15,16)8-10(9)17-11/h1-8,13H2. The maximum Gasteiger partial charge on any atom is 0.155 e. The Balaban J connectivity index is 1.94. The van der Waals surface area contributed by atoms with Crippen molar-refractivity contribution in [2.75, 3.05) is 5.75 Å². The number of nitrogens with two attached hydrogens (primary N) is 1. The van der Waals surface area contributed by atoms with Crippen molar-refractivity contribution in [3.05, 3.63) is 15.6 Å². The Hall–Kier alpha value is -0.460. The Morgan fingerprint density at radius 3 is 2.67 bits per heavy atom. The van der Waals surface area contributed by atoms with E-state index in [-0.39, 0.29) is 17.0 Å². The summed E-state index contributed by atoms with van der Waals surface area (Å²) in [4.78, 5) is 5.56. The topological polar surface area (TPSA) is 73.0 Å². The first-order valence-electron chi connectivity index (χ1n) is 6.47. The molecule has 2 heterocycles. The molecule has 1 aliphatic heterocycles. The number of sulfone groups is 1. The molecule has 18 heavy (non-hydrogen) atoms. The third-order valence-corrected chi connectivity index (χ3v) is 7.01. The van der Waals surface area contributed by atoms with E-state index in [9.17, 15) is 8.42 Å². The van der Waals surface area contributed by atoms with Crippen LogP contribution in [0.15, 0.2) is 0 Å². The van der Waals surface area contributed by atoms with Crippen LogP contribution in [0, 0.1) is 0 Å². The van der Waals surface area contributed by atoms with Gasteiger partial charge in [0.15, 0.2) is 9.84 Å². The molecule has 1 aromatic heterocycles. The molecule has 2 N–H and O–H groups in total. The van der Waals surface area contributed by atoms with Crippen molar-refractivity contribution in [2.45, 2.75) is 49.8 Å². The van der Waals surface area contributed by atoms with Gasteiger partial charge in [-0.1, -0.05) is 19.3 Å². The molecule has 100 valence electrons. The highest BCUT2D eigenvalue weighted by molar-refractivity contribution is 7.90. The van der Waals surface area contributed by atoms with Gasteiger partial charge in [-0.05, 0) is 12.8 Å². The van der Waals surface area contributed by atoms with Crippen molar-refractivity contribution >= 4 is 21.2 Å². The normalized spacial score (nSPS) is 25.6. The number of aryl methyl sites for hydroxylation is 1. The van der Waals surface area contributed by atoms with Crippen molar-refractivity contribution < 1.29 is 8.42 Å². The first-order valence-corrected chi connectivity index (χ1v) is 9.11. The van der Waals surface area contributed by atoms with Gasteiger partial charge >= 0.3 is 0 Å². The highest BCUT2D eigenvalue weighted by Gasteiger charge is 2.35. The van der Waals surface area contributed by atoms with Gasteiger partial charge in [-0.15, -0.1) is 11.3 Å². The van der Waals surface area contributed by atoms with Crippen molar-refractivity contribution in [3.63, 3.8) is 0 Å². The molecule has 1 saturated carbocycles. The van der Waals surface area contributed by atoms with Crippen molar-refractivity contribution in [1.82, 2.24) is 4.98 Å². The van der Waals surface area contributed by atoms with Gasteiger partial charge in [-0.25, -0.2) is 13.4 Å². The van der Waals surface area contributed by atoms with Gasteiger partial charge in [0.25, 0.3) is 0 Å². The highest BCUT2D eigenvalue weighted by atomic mass is 32.2. The zero-order chi connectivity index (χ0) is 12.8. The van der Waals surface area contributed by atoms with Crippen molar-refractivity contribution in [3.8, 4) is 0 Å². The predicted molar refractivity (Wildman–Crippen MR) is 72.3 cm³/mol. The molecule has 1 aromatic rings. The van der Waals surface area contributed by atoms with E-state index in [0.29, 0.717) is 6.42 Å². The van der Waals surface area contributed by atoms with Crippen LogP contribution in [-0.2, 0) is 27.5 Å². The summed E-state index contributed by atoms with van der Waals surface area (Å²) in [7, 11) is -2.90. The maximum absolute atomic E-state index is 11.6. The second kappa shape index (κ2) is 4.28. The van der Waals surface area contributed by atoms with E-state index in [1.54, 1.807) is 0 Å². The molecule has 6 heteroatoms. The molecule has 0 saturated heterocycles. The predicted octanol–water partition coefficient (Wildman–Crippen LogP) is 1.73. The van der Waals surface area contributed by atoms with Gasteiger partial charge in [-0.2, -0.15) is 0 Å². The minimum atomic E-state index is -2.90. The van der Waals surface area contributed by atoms with Gasteiger partial charge in [0.2, 0.25) is 0 Å². The molecule has 3 rings (SSSR count). The number of nitrogens with zero attached hydrogens (tertiary/aromatic N) is 1. The number of aromatic nitrogens is 1. The van der Waals surface area contributed by atoms with Crippen LogP contribution < -0.4 is 5.73 Å². The lowest BCUT2D eigenvalue weighted by molar-refractivity contribution is 0.301. The summed E-state index contributed by atoms with van der Waals surface area (Å²) in [5.74, 6) is 0.400. The Bertz CT molecular complexity index is 557. The van der Waals surface area contributed by atoms with E-state index < -0.39 is 9.84 Å². The molecule has 2 aliphatic rings. The summed E-state index contributed by atoms with van der Waals surface area (Å²) in [6.45, 7) is 0. The van der Waals surface area contributed by atoms with Crippen LogP contribution in [0.4, 0.5) is 0 Å². The Morgan fingerprint density at radius 1 is 1.22 bits per heavy atom. The monoisotopic (exact) mass is 286 g/mol. The second-order valence-electron chi connectivity index (χ2n) is 5.45. The smallest absolute Gasteiger partial charge is 0.155 e. The lowest BCUT2D eigenvalue weighted by Gasteiger charge is -2.31. The molecule has 0 amide bonds. The second-order valence-corrected chi connectivity index (χ2v) is 8.72. The molecule has 0 atom stereocenters. The number of hydrogen-bond donors (Lipinski definition) is 1. The third-order valence-electron chi connectivity index (χ3n) is 3.95. The molecule has 4 nitrogen and oxygen atoms in total. The van der Waals surface area contributed by atoms with Crippen LogP contribution in [0.2, 0.25) is 0 Å². The third kappa shape index (κ3) is 2.21. The minimum Gasteiger partial charge on any atom is -0.319 e. The summed E-state index contributed by atoms with van der Waals surface area (Å²) in [6, 6.07) is 0. The highest BCUT2D eigenvalue weighted by Crippen LogP contribution is 2.39.